The van der Waals surface area contributed by atoms with Crippen LogP contribution in [-0.4, -0.2) is 40.5 Å². The number of sulfonamides is 1. The van der Waals surface area contributed by atoms with Crippen LogP contribution < -0.4 is 10.0 Å². The van der Waals surface area contributed by atoms with Crippen molar-refractivity contribution in [1.29, 1.82) is 0 Å². The molecule has 0 unspecified atom stereocenters. The third-order valence-electron chi connectivity index (χ3n) is 3.34. The number of carbonyl (C=O) groups is 2. The van der Waals surface area contributed by atoms with Crippen molar-refractivity contribution >= 4 is 21.9 Å². The Bertz CT molecular complexity index is 697. The van der Waals surface area contributed by atoms with Crippen LogP contribution in [-0.2, 0) is 19.6 Å². The highest BCUT2D eigenvalue weighted by molar-refractivity contribution is 7.89. The van der Waals surface area contributed by atoms with Gasteiger partial charge in [-0.25, -0.2) is 17.9 Å². The van der Waals surface area contributed by atoms with Crippen molar-refractivity contribution in [2.24, 2.45) is 0 Å². The highest BCUT2D eigenvalue weighted by atomic mass is 32.2. The molecular formula is C14H20N2O5S. The average molecular weight is 328 g/mol. The Morgan fingerprint density at radius 1 is 1.23 bits per heavy atom. The van der Waals surface area contributed by atoms with Gasteiger partial charge in [0.25, 0.3) is 5.91 Å². The zero-order valence-electron chi connectivity index (χ0n) is 13.2. The number of methoxy groups -OCH3 is 1. The third kappa shape index (κ3) is 3.83. The molecule has 1 aromatic carbocycles. The lowest BCUT2D eigenvalue weighted by molar-refractivity contribution is -0.142. The van der Waals surface area contributed by atoms with Crippen LogP contribution in [0.5, 0.6) is 0 Å². The van der Waals surface area contributed by atoms with Crippen LogP contribution >= 0.6 is 0 Å². The quantitative estimate of drug-likeness (QED) is 0.767. The molecule has 7 nitrogen and oxygen atoms in total. The van der Waals surface area contributed by atoms with E-state index < -0.39 is 27.9 Å². The first-order valence-corrected chi connectivity index (χ1v) is 8.05. The van der Waals surface area contributed by atoms with Gasteiger partial charge in [0.15, 0.2) is 0 Å². The van der Waals surface area contributed by atoms with Gasteiger partial charge < -0.3 is 10.1 Å². The van der Waals surface area contributed by atoms with Gasteiger partial charge in [-0.3, -0.25) is 4.79 Å². The maximum absolute atomic E-state index is 12.2. The summed E-state index contributed by atoms with van der Waals surface area (Å²) in [6.45, 7) is 4.86. The summed E-state index contributed by atoms with van der Waals surface area (Å²) in [4.78, 5) is 23.5. The van der Waals surface area contributed by atoms with E-state index in [0.717, 1.165) is 0 Å². The van der Waals surface area contributed by atoms with E-state index in [4.69, 9.17) is 0 Å². The van der Waals surface area contributed by atoms with Gasteiger partial charge in [0.1, 0.15) is 6.04 Å². The second-order valence-electron chi connectivity index (χ2n) is 4.84. The lowest BCUT2D eigenvalue weighted by atomic mass is 10.1. The molecule has 0 aromatic heterocycles. The van der Waals surface area contributed by atoms with Crippen molar-refractivity contribution in [3.8, 4) is 0 Å². The molecule has 0 heterocycles. The topological polar surface area (TPSA) is 102 Å². The average Bonchev–Trinajstić information content (AvgIpc) is 2.48. The molecule has 0 saturated heterocycles. The predicted octanol–water partition coefficient (Wildman–Crippen LogP) is 0.503. The zero-order chi connectivity index (χ0) is 17.1. The van der Waals surface area contributed by atoms with Gasteiger partial charge in [-0.15, -0.1) is 0 Å². The number of esters is 1. The molecule has 0 bridgehead atoms. The van der Waals surface area contributed by atoms with E-state index >= 15 is 0 Å². The van der Waals surface area contributed by atoms with Gasteiger partial charge in [0, 0.05) is 5.56 Å². The third-order valence-corrected chi connectivity index (χ3v) is 4.88. The maximum Gasteiger partial charge on any atom is 0.328 e. The molecule has 0 saturated carbocycles. The van der Waals surface area contributed by atoms with E-state index in [-0.39, 0.29) is 10.5 Å². The van der Waals surface area contributed by atoms with Gasteiger partial charge in [-0.1, -0.05) is 0 Å². The standard InChI is InChI=1S/C14H20N2O5S/c1-8-6-11(13(17)16-10(3)14(18)21-5)7-12(9(8)2)22(19,20)15-4/h6-7,10,15H,1-5H3,(H,16,17)/t10-/m0/s1. The largest absolute Gasteiger partial charge is 0.467 e. The smallest absolute Gasteiger partial charge is 0.328 e. The molecule has 1 atom stereocenters. The van der Waals surface area contributed by atoms with E-state index in [2.05, 4.69) is 14.8 Å². The van der Waals surface area contributed by atoms with Crippen molar-refractivity contribution in [1.82, 2.24) is 10.0 Å². The Balaban J connectivity index is 3.22. The van der Waals surface area contributed by atoms with Crippen molar-refractivity contribution in [2.45, 2.75) is 31.7 Å². The minimum Gasteiger partial charge on any atom is -0.467 e. The number of hydrogen-bond acceptors (Lipinski definition) is 5. The molecule has 1 aromatic rings. The van der Waals surface area contributed by atoms with Crippen molar-refractivity contribution < 1.29 is 22.7 Å². The lowest BCUT2D eigenvalue weighted by Gasteiger charge is -2.14. The summed E-state index contributed by atoms with van der Waals surface area (Å²) in [6, 6.07) is 2.03. The Kier molecular flexibility index (Phi) is 5.67. The van der Waals surface area contributed by atoms with Crippen LogP contribution in [0.2, 0.25) is 0 Å². The lowest BCUT2D eigenvalue weighted by Crippen LogP contribution is -2.39. The van der Waals surface area contributed by atoms with Gasteiger partial charge in [0.2, 0.25) is 10.0 Å². The molecule has 22 heavy (non-hydrogen) atoms. The summed E-state index contributed by atoms with van der Waals surface area (Å²) in [5, 5.41) is 2.46. The fraction of sp³-hybridized carbons (Fsp3) is 0.429. The molecule has 0 radical (unpaired) electrons. The van der Waals surface area contributed by atoms with Gasteiger partial charge in [-0.05, 0) is 51.1 Å². The number of rotatable bonds is 5. The van der Waals surface area contributed by atoms with Crippen molar-refractivity contribution in [3.05, 3.63) is 28.8 Å². The molecule has 1 amide bonds. The zero-order valence-corrected chi connectivity index (χ0v) is 14.0. The van der Waals surface area contributed by atoms with Crippen LogP contribution in [0.3, 0.4) is 0 Å². The summed E-state index contributed by atoms with van der Waals surface area (Å²) in [7, 11) is -1.16. The van der Waals surface area contributed by atoms with Crippen LogP contribution in [0, 0.1) is 13.8 Å². The van der Waals surface area contributed by atoms with Crippen molar-refractivity contribution in [2.75, 3.05) is 14.2 Å². The summed E-state index contributed by atoms with van der Waals surface area (Å²) in [6.07, 6.45) is 0. The van der Waals surface area contributed by atoms with Crippen LogP contribution in [0.15, 0.2) is 17.0 Å². The van der Waals surface area contributed by atoms with E-state index in [1.165, 1.54) is 27.1 Å². The van der Waals surface area contributed by atoms with E-state index in [0.29, 0.717) is 11.1 Å². The molecule has 8 heteroatoms. The molecule has 0 fully saturated rings. The minimum absolute atomic E-state index is 0.0332. The van der Waals surface area contributed by atoms with E-state index in [1.807, 2.05) is 0 Å². The molecule has 0 aliphatic heterocycles. The monoisotopic (exact) mass is 328 g/mol. The Morgan fingerprint density at radius 3 is 2.32 bits per heavy atom. The Morgan fingerprint density at radius 2 is 1.82 bits per heavy atom. The Hall–Kier alpha value is -1.93. The van der Waals surface area contributed by atoms with Crippen molar-refractivity contribution in [3.63, 3.8) is 0 Å². The van der Waals surface area contributed by atoms with Crippen LogP contribution in [0.25, 0.3) is 0 Å². The number of amides is 1. The minimum atomic E-state index is -3.68. The predicted molar refractivity (Wildman–Crippen MR) is 81.1 cm³/mol. The molecular weight excluding hydrogens is 308 g/mol. The molecule has 0 aliphatic rings. The summed E-state index contributed by atoms with van der Waals surface area (Å²) in [5.74, 6) is -1.13. The highest BCUT2D eigenvalue weighted by Gasteiger charge is 2.21. The highest BCUT2D eigenvalue weighted by Crippen LogP contribution is 2.21. The van der Waals surface area contributed by atoms with Crippen LogP contribution in [0.4, 0.5) is 0 Å². The first-order valence-electron chi connectivity index (χ1n) is 6.57. The maximum atomic E-state index is 12.2. The summed E-state index contributed by atoms with van der Waals surface area (Å²) in [5.41, 5.74) is 1.38. The summed E-state index contributed by atoms with van der Waals surface area (Å²) >= 11 is 0. The SMILES string of the molecule is CNS(=O)(=O)c1cc(C(=O)N[C@@H](C)C(=O)OC)cc(C)c1C. The number of carbonyl (C=O) groups excluding carboxylic acids is 2. The second kappa shape index (κ2) is 6.89. The molecule has 1 rings (SSSR count). The molecule has 0 aliphatic carbocycles. The fourth-order valence-corrected chi connectivity index (χ4v) is 2.93. The number of ether oxygens (including phenoxy) is 1. The summed E-state index contributed by atoms with van der Waals surface area (Å²) < 4.78 is 30.8. The first-order chi connectivity index (χ1) is 10.1. The van der Waals surface area contributed by atoms with Gasteiger partial charge in [0.05, 0.1) is 12.0 Å². The van der Waals surface area contributed by atoms with Gasteiger partial charge >= 0.3 is 5.97 Å². The normalized spacial score (nSPS) is 12.6. The number of aryl methyl sites for hydroxylation is 1. The fourth-order valence-electron chi connectivity index (χ4n) is 1.86. The molecule has 0 spiro atoms. The Labute approximate surface area is 130 Å². The molecule has 2 N–H and O–H groups in total. The van der Waals surface area contributed by atoms with Crippen LogP contribution in [0.1, 0.15) is 28.4 Å². The second-order valence-corrected chi connectivity index (χ2v) is 6.70. The van der Waals surface area contributed by atoms with E-state index in [1.54, 1.807) is 19.9 Å². The first kappa shape index (κ1) is 18.1. The van der Waals surface area contributed by atoms with E-state index in [9.17, 15) is 18.0 Å². The number of nitrogens with one attached hydrogen (secondary N) is 2. The molecule has 122 valence electrons. The number of hydrogen-bond donors (Lipinski definition) is 2. The number of benzene rings is 1. The van der Waals surface area contributed by atoms with Gasteiger partial charge in [-0.2, -0.15) is 0 Å².